The lowest BCUT2D eigenvalue weighted by Gasteiger charge is -2.21. The van der Waals surface area contributed by atoms with Crippen LogP contribution in [0.5, 0.6) is 0 Å². The summed E-state index contributed by atoms with van der Waals surface area (Å²) in [6.45, 7) is 17.4. The van der Waals surface area contributed by atoms with Gasteiger partial charge in [0, 0.05) is 60.5 Å². The molecule has 4 aromatic rings. The van der Waals surface area contributed by atoms with Crippen molar-refractivity contribution >= 4 is 39.1 Å². The van der Waals surface area contributed by atoms with Crippen LogP contribution in [0.25, 0.3) is 21.9 Å². The van der Waals surface area contributed by atoms with Gasteiger partial charge in [-0.3, -0.25) is 4.79 Å². The van der Waals surface area contributed by atoms with Crippen LogP contribution in [0.4, 0.5) is 11.4 Å². The summed E-state index contributed by atoms with van der Waals surface area (Å²) in [5.41, 5.74) is 0.114. The molecule has 0 saturated heterocycles. The van der Waals surface area contributed by atoms with E-state index in [-0.39, 0.29) is 11.1 Å². The fourth-order valence-corrected chi connectivity index (χ4v) is 4.25. The van der Waals surface area contributed by atoms with Gasteiger partial charge in [-0.25, -0.2) is 9.59 Å². The minimum atomic E-state index is -0.835. The van der Waals surface area contributed by atoms with Gasteiger partial charge in [0.25, 0.3) is 0 Å². The highest BCUT2D eigenvalue weighted by Gasteiger charge is 2.21. The molecule has 0 fully saturated rings. The van der Waals surface area contributed by atoms with E-state index in [4.69, 9.17) is 8.83 Å². The van der Waals surface area contributed by atoms with Crippen molar-refractivity contribution in [1.82, 2.24) is 0 Å². The SMILES string of the molecule is C=CCN(CC=C)c1ccc2cc(C(=O)c3cc4ccc(N(CC=C)CC=C)cc4oc3=O)c(=O)oc2c1. The molecular formula is C31H28N2O5. The third-order valence-electron chi connectivity index (χ3n) is 6.06. The molecule has 0 aliphatic heterocycles. The van der Waals surface area contributed by atoms with Gasteiger partial charge in [0.05, 0.1) is 0 Å². The quantitative estimate of drug-likeness (QED) is 0.142. The number of hydrogen-bond acceptors (Lipinski definition) is 7. The Hall–Kier alpha value is -4.91. The van der Waals surface area contributed by atoms with Gasteiger partial charge in [0.1, 0.15) is 22.3 Å². The van der Waals surface area contributed by atoms with Crippen molar-refractivity contribution < 1.29 is 13.6 Å². The standard InChI is InChI=1S/C31H28N2O5/c1-5-13-32(14-6-2)23-11-9-21-17-25(30(35)37-27(21)19-23)29(34)26-18-22-10-12-24(20-28(22)38-31(26)36)33(15-7-3)16-8-4/h5-12,17-20H,1-4,13-16H2. The van der Waals surface area contributed by atoms with Gasteiger partial charge in [0.2, 0.25) is 5.78 Å². The Morgan fingerprint density at radius 3 is 1.34 bits per heavy atom. The Morgan fingerprint density at radius 2 is 1.00 bits per heavy atom. The fraction of sp³-hybridized carbons (Fsp3) is 0.129. The highest BCUT2D eigenvalue weighted by atomic mass is 16.4. The van der Waals surface area contributed by atoms with E-state index in [1.807, 2.05) is 21.9 Å². The summed E-state index contributed by atoms with van der Waals surface area (Å²) in [5, 5.41) is 1.10. The number of nitrogens with zero attached hydrogens (tertiary/aromatic N) is 2. The second-order valence-corrected chi connectivity index (χ2v) is 8.63. The molecule has 192 valence electrons. The number of fused-ring (bicyclic) bond motifs is 2. The van der Waals surface area contributed by atoms with E-state index in [0.29, 0.717) is 48.1 Å². The Labute approximate surface area is 219 Å². The van der Waals surface area contributed by atoms with E-state index < -0.39 is 17.0 Å². The van der Waals surface area contributed by atoms with E-state index in [1.54, 1.807) is 48.6 Å². The summed E-state index contributed by atoms with van der Waals surface area (Å²) in [6.07, 6.45) is 7.06. The first-order chi connectivity index (χ1) is 18.4. The van der Waals surface area contributed by atoms with Gasteiger partial charge in [0.15, 0.2) is 0 Å². The topological polar surface area (TPSA) is 84.0 Å². The molecule has 0 bridgehead atoms. The number of benzene rings is 2. The average molecular weight is 509 g/mol. The number of anilines is 2. The molecule has 0 atom stereocenters. The molecule has 0 N–H and O–H groups in total. The molecule has 38 heavy (non-hydrogen) atoms. The first-order valence-corrected chi connectivity index (χ1v) is 12.0. The van der Waals surface area contributed by atoms with Crippen molar-refractivity contribution in [2.75, 3.05) is 36.0 Å². The number of carbonyl (C=O) groups is 1. The number of carbonyl (C=O) groups excluding carboxylic acids is 1. The Morgan fingerprint density at radius 1 is 0.632 bits per heavy atom. The molecule has 7 nitrogen and oxygen atoms in total. The summed E-state index contributed by atoms with van der Waals surface area (Å²) >= 11 is 0. The summed E-state index contributed by atoms with van der Waals surface area (Å²) in [6, 6.07) is 13.5. The molecule has 2 aromatic carbocycles. The summed E-state index contributed by atoms with van der Waals surface area (Å²) in [5.74, 6) is -0.760. The van der Waals surface area contributed by atoms with Crippen molar-refractivity contribution in [3.05, 3.63) is 131 Å². The van der Waals surface area contributed by atoms with Gasteiger partial charge >= 0.3 is 11.3 Å². The fourth-order valence-electron chi connectivity index (χ4n) is 4.25. The summed E-state index contributed by atoms with van der Waals surface area (Å²) < 4.78 is 11.0. The normalized spacial score (nSPS) is 10.7. The number of rotatable bonds is 12. The van der Waals surface area contributed by atoms with E-state index in [1.165, 1.54) is 12.1 Å². The van der Waals surface area contributed by atoms with Gasteiger partial charge in [-0.1, -0.05) is 24.3 Å². The number of ketones is 1. The second kappa shape index (κ2) is 11.4. The molecule has 0 unspecified atom stereocenters. The lowest BCUT2D eigenvalue weighted by Crippen LogP contribution is -2.23. The van der Waals surface area contributed by atoms with Crippen LogP contribution in [0.15, 0.2) is 118 Å². The Balaban J connectivity index is 1.71. The number of hydrogen-bond donors (Lipinski definition) is 0. The predicted molar refractivity (Wildman–Crippen MR) is 154 cm³/mol. The molecule has 0 aliphatic rings. The van der Waals surface area contributed by atoms with Crippen LogP contribution in [0.2, 0.25) is 0 Å². The van der Waals surface area contributed by atoms with Gasteiger partial charge < -0.3 is 18.6 Å². The van der Waals surface area contributed by atoms with Gasteiger partial charge in [-0.2, -0.15) is 0 Å². The summed E-state index contributed by atoms with van der Waals surface area (Å²) in [4.78, 5) is 42.9. The zero-order chi connectivity index (χ0) is 27.2. The maximum Gasteiger partial charge on any atom is 0.347 e. The lowest BCUT2D eigenvalue weighted by atomic mass is 10.0. The van der Waals surface area contributed by atoms with Gasteiger partial charge in [-0.15, -0.1) is 26.3 Å². The lowest BCUT2D eigenvalue weighted by molar-refractivity contribution is 0.103. The molecule has 0 radical (unpaired) electrons. The first-order valence-electron chi connectivity index (χ1n) is 12.0. The first kappa shape index (κ1) is 26.2. The third kappa shape index (κ3) is 5.27. The van der Waals surface area contributed by atoms with Crippen LogP contribution in [-0.2, 0) is 0 Å². The smallest absolute Gasteiger partial charge is 0.347 e. The van der Waals surface area contributed by atoms with Crippen molar-refractivity contribution in [3.63, 3.8) is 0 Å². The Bertz CT molecular complexity index is 1530. The van der Waals surface area contributed by atoms with E-state index in [2.05, 4.69) is 26.3 Å². The molecule has 0 saturated carbocycles. The van der Waals surface area contributed by atoms with Crippen LogP contribution in [-0.4, -0.2) is 32.0 Å². The zero-order valence-electron chi connectivity index (χ0n) is 21.0. The molecule has 2 aromatic heterocycles. The molecule has 4 rings (SSSR count). The summed E-state index contributed by atoms with van der Waals surface area (Å²) in [7, 11) is 0. The van der Waals surface area contributed by atoms with Crippen molar-refractivity contribution in [2.45, 2.75) is 0 Å². The van der Waals surface area contributed by atoms with Crippen molar-refractivity contribution in [1.29, 1.82) is 0 Å². The van der Waals surface area contributed by atoms with E-state index >= 15 is 0 Å². The highest BCUT2D eigenvalue weighted by molar-refractivity contribution is 6.10. The van der Waals surface area contributed by atoms with E-state index in [0.717, 1.165) is 11.4 Å². The minimum absolute atomic E-state index is 0.245. The van der Waals surface area contributed by atoms with Crippen molar-refractivity contribution in [3.8, 4) is 0 Å². The molecule has 0 spiro atoms. The minimum Gasteiger partial charge on any atom is -0.422 e. The molecule has 2 heterocycles. The van der Waals surface area contributed by atoms with Crippen LogP contribution in [0, 0.1) is 0 Å². The van der Waals surface area contributed by atoms with Crippen LogP contribution >= 0.6 is 0 Å². The van der Waals surface area contributed by atoms with E-state index in [9.17, 15) is 14.4 Å². The monoisotopic (exact) mass is 508 g/mol. The average Bonchev–Trinajstić information content (AvgIpc) is 2.91. The van der Waals surface area contributed by atoms with Crippen molar-refractivity contribution in [2.24, 2.45) is 0 Å². The highest BCUT2D eigenvalue weighted by Crippen LogP contribution is 2.25. The molecular weight excluding hydrogens is 480 g/mol. The molecule has 0 aliphatic carbocycles. The van der Waals surface area contributed by atoms with Crippen LogP contribution < -0.4 is 21.1 Å². The third-order valence-corrected chi connectivity index (χ3v) is 6.06. The largest absolute Gasteiger partial charge is 0.422 e. The zero-order valence-corrected chi connectivity index (χ0v) is 21.0. The molecule has 0 amide bonds. The molecule has 7 heteroatoms. The maximum atomic E-state index is 13.3. The predicted octanol–water partition coefficient (Wildman–Crippen LogP) is 5.49. The maximum absolute atomic E-state index is 13.3. The van der Waals surface area contributed by atoms with Gasteiger partial charge in [-0.05, 0) is 36.4 Å². The Kier molecular flexibility index (Phi) is 7.87. The second-order valence-electron chi connectivity index (χ2n) is 8.63. The van der Waals surface area contributed by atoms with Crippen LogP contribution in [0.1, 0.15) is 15.9 Å². The van der Waals surface area contributed by atoms with Crippen LogP contribution in [0.3, 0.4) is 0 Å².